The maximum atomic E-state index is 6.41. The molecule has 0 aliphatic rings. The zero-order valence-corrected chi connectivity index (χ0v) is 23.1. The van der Waals surface area contributed by atoms with Gasteiger partial charge in [-0.2, -0.15) is 0 Å². The quantitative estimate of drug-likeness (QED) is 0.204. The number of fused-ring (bicyclic) bond motifs is 8. The monoisotopic (exact) mass is 552 g/mol. The molecule has 2 heterocycles. The first-order chi connectivity index (χ1) is 21.3. The van der Waals surface area contributed by atoms with Gasteiger partial charge in [-0.05, 0) is 88.3 Å². The molecule has 7 aromatic carbocycles. The molecule has 0 unspecified atom stereocenters. The molecule has 0 N–H and O–H groups in total. The smallest absolute Gasteiger partial charge is 0.227 e. The van der Waals surface area contributed by atoms with Crippen molar-refractivity contribution in [2.24, 2.45) is 0 Å². The summed E-state index contributed by atoms with van der Waals surface area (Å²) in [5.74, 6) is 0.575. The molecular formula is C39H24N2O2. The average Bonchev–Trinajstić information content (AvgIpc) is 3.66. The number of anilines is 3. The fraction of sp³-hybridized carbons (Fsp3) is 0. The predicted octanol–water partition coefficient (Wildman–Crippen LogP) is 11.2. The van der Waals surface area contributed by atoms with Crippen LogP contribution in [0, 0.1) is 0 Å². The average molecular weight is 553 g/mol. The minimum Gasteiger partial charge on any atom is -0.456 e. The zero-order chi connectivity index (χ0) is 28.3. The van der Waals surface area contributed by atoms with E-state index in [1.165, 1.54) is 16.2 Å². The van der Waals surface area contributed by atoms with Gasteiger partial charge in [-0.1, -0.05) is 78.9 Å². The second-order valence-electron chi connectivity index (χ2n) is 10.8. The van der Waals surface area contributed by atoms with Gasteiger partial charge < -0.3 is 13.7 Å². The van der Waals surface area contributed by atoms with Crippen molar-refractivity contribution >= 4 is 71.6 Å². The summed E-state index contributed by atoms with van der Waals surface area (Å²) in [5.41, 5.74) is 7.27. The van der Waals surface area contributed by atoms with E-state index in [0.29, 0.717) is 5.89 Å². The summed E-state index contributed by atoms with van der Waals surface area (Å²) in [7, 11) is 0. The van der Waals surface area contributed by atoms with Crippen molar-refractivity contribution in [2.75, 3.05) is 4.90 Å². The Morgan fingerprint density at radius 1 is 0.442 bits per heavy atom. The molecule has 9 aromatic rings. The largest absolute Gasteiger partial charge is 0.456 e. The SMILES string of the molecule is c1ccc(N(c2ccccc2)c2cccc(-c3nc4c(ccc5oc6cc7ccc8ccccc8c7cc6c54)o3)c2)cc1. The molecule has 202 valence electrons. The van der Waals surface area contributed by atoms with Crippen LogP contribution in [-0.4, -0.2) is 4.98 Å². The molecule has 43 heavy (non-hydrogen) atoms. The lowest BCUT2D eigenvalue weighted by Crippen LogP contribution is -2.09. The standard InChI is InChI=1S/C39H24N2O2/c1-3-12-28(13-4-1)41(29-14-5-2-6-15-29)30-16-9-11-27(22-30)39-40-38-35(43-39)21-20-34-37(38)33-24-32-26(23-36(33)42-34)19-18-25-10-7-8-17-31(25)32/h1-24H. The Labute approximate surface area is 247 Å². The van der Waals surface area contributed by atoms with Crippen molar-refractivity contribution in [3.63, 3.8) is 0 Å². The van der Waals surface area contributed by atoms with Gasteiger partial charge in [-0.15, -0.1) is 0 Å². The molecule has 9 rings (SSSR count). The lowest BCUT2D eigenvalue weighted by atomic mass is 9.99. The molecule has 0 aliphatic carbocycles. The summed E-state index contributed by atoms with van der Waals surface area (Å²) in [4.78, 5) is 7.32. The molecule has 0 atom stereocenters. The first-order valence-corrected chi connectivity index (χ1v) is 14.4. The van der Waals surface area contributed by atoms with Gasteiger partial charge in [0.05, 0.1) is 5.39 Å². The summed E-state index contributed by atoms with van der Waals surface area (Å²) in [5, 5.41) is 6.81. The molecule has 0 radical (unpaired) electrons. The molecular weight excluding hydrogens is 528 g/mol. The number of aromatic nitrogens is 1. The molecule has 0 aliphatic heterocycles. The predicted molar refractivity (Wildman–Crippen MR) is 176 cm³/mol. The molecule has 2 aromatic heterocycles. The highest BCUT2D eigenvalue weighted by Gasteiger charge is 2.19. The lowest BCUT2D eigenvalue weighted by molar-refractivity contribution is 0.619. The number of hydrogen-bond acceptors (Lipinski definition) is 4. The fourth-order valence-electron chi connectivity index (χ4n) is 6.26. The van der Waals surface area contributed by atoms with Gasteiger partial charge in [0.2, 0.25) is 5.89 Å². The Kier molecular flexibility index (Phi) is 5.16. The molecule has 0 fully saturated rings. The van der Waals surface area contributed by atoms with E-state index in [1.54, 1.807) is 0 Å². The van der Waals surface area contributed by atoms with Crippen LogP contribution in [0.2, 0.25) is 0 Å². The van der Waals surface area contributed by atoms with E-state index in [9.17, 15) is 0 Å². The van der Waals surface area contributed by atoms with E-state index in [-0.39, 0.29) is 0 Å². The second-order valence-corrected chi connectivity index (χ2v) is 10.8. The second kappa shape index (κ2) is 9.33. The summed E-state index contributed by atoms with van der Waals surface area (Å²) in [6.45, 7) is 0. The van der Waals surface area contributed by atoms with E-state index in [0.717, 1.165) is 61.1 Å². The van der Waals surface area contributed by atoms with Crippen LogP contribution in [0.15, 0.2) is 154 Å². The molecule has 0 saturated heterocycles. The molecule has 4 nitrogen and oxygen atoms in total. The van der Waals surface area contributed by atoms with Gasteiger partial charge in [0.15, 0.2) is 5.58 Å². The third kappa shape index (κ3) is 3.81. The van der Waals surface area contributed by atoms with Crippen LogP contribution in [0.25, 0.3) is 66.0 Å². The Morgan fingerprint density at radius 2 is 1.14 bits per heavy atom. The molecule has 4 heteroatoms. The zero-order valence-electron chi connectivity index (χ0n) is 23.1. The van der Waals surface area contributed by atoms with Crippen LogP contribution in [0.1, 0.15) is 0 Å². The Hall–Kier alpha value is -5.87. The topological polar surface area (TPSA) is 42.4 Å². The third-order valence-corrected chi connectivity index (χ3v) is 8.24. The molecule has 0 amide bonds. The number of oxazole rings is 1. The number of hydrogen-bond donors (Lipinski definition) is 0. The van der Waals surface area contributed by atoms with E-state index in [2.05, 4.69) is 120 Å². The first-order valence-electron chi connectivity index (χ1n) is 14.4. The van der Waals surface area contributed by atoms with Crippen molar-refractivity contribution in [1.82, 2.24) is 4.98 Å². The molecule has 0 saturated carbocycles. The van der Waals surface area contributed by atoms with E-state index >= 15 is 0 Å². The van der Waals surface area contributed by atoms with Gasteiger partial charge in [0, 0.05) is 28.0 Å². The molecule has 0 bridgehead atoms. The number of rotatable bonds is 4. The third-order valence-electron chi connectivity index (χ3n) is 8.24. The fourth-order valence-corrected chi connectivity index (χ4v) is 6.26. The van der Waals surface area contributed by atoms with Gasteiger partial charge in [-0.25, -0.2) is 4.98 Å². The van der Waals surface area contributed by atoms with E-state index in [1.807, 2.05) is 30.3 Å². The maximum Gasteiger partial charge on any atom is 0.227 e. The van der Waals surface area contributed by atoms with Crippen molar-refractivity contribution in [3.8, 4) is 11.5 Å². The van der Waals surface area contributed by atoms with Gasteiger partial charge in [-0.3, -0.25) is 0 Å². The van der Waals surface area contributed by atoms with E-state index in [4.69, 9.17) is 13.8 Å². The van der Waals surface area contributed by atoms with Crippen LogP contribution in [0.3, 0.4) is 0 Å². The van der Waals surface area contributed by atoms with E-state index < -0.39 is 0 Å². The van der Waals surface area contributed by atoms with Crippen LogP contribution in [0.4, 0.5) is 17.1 Å². The minimum atomic E-state index is 0.575. The Morgan fingerprint density at radius 3 is 1.95 bits per heavy atom. The summed E-state index contributed by atoms with van der Waals surface area (Å²) in [6.07, 6.45) is 0. The van der Waals surface area contributed by atoms with Crippen LogP contribution in [-0.2, 0) is 0 Å². The van der Waals surface area contributed by atoms with Gasteiger partial charge in [0.25, 0.3) is 0 Å². The summed E-state index contributed by atoms with van der Waals surface area (Å²) in [6, 6.07) is 50.3. The number of benzene rings is 7. The van der Waals surface area contributed by atoms with Crippen LogP contribution < -0.4 is 4.90 Å². The van der Waals surface area contributed by atoms with Crippen molar-refractivity contribution < 1.29 is 8.83 Å². The lowest BCUT2D eigenvalue weighted by Gasteiger charge is -2.25. The number of nitrogens with zero attached hydrogens (tertiary/aromatic N) is 2. The Balaban J connectivity index is 1.22. The number of para-hydroxylation sites is 2. The van der Waals surface area contributed by atoms with Crippen molar-refractivity contribution in [2.45, 2.75) is 0 Å². The van der Waals surface area contributed by atoms with Gasteiger partial charge in [0.1, 0.15) is 16.7 Å². The summed E-state index contributed by atoms with van der Waals surface area (Å²) < 4.78 is 12.8. The maximum absolute atomic E-state index is 6.41. The van der Waals surface area contributed by atoms with Crippen molar-refractivity contribution in [3.05, 3.63) is 146 Å². The number of furan rings is 1. The summed E-state index contributed by atoms with van der Waals surface area (Å²) >= 11 is 0. The minimum absolute atomic E-state index is 0.575. The van der Waals surface area contributed by atoms with Crippen molar-refractivity contribution in [1.29, 1.82) is 0 Å². The van der Waals surface area contributed by atoms with Gasteiger partial charge >= 0.3 is 0 Å². The van der Waals surface area contributed by atoms with Crippen LogP contribution >= 0.6 is 0 Å². The highest BCUT2D eigenvalue weighted by Crippen LogP contribution is 2.40. The first kappa shape index (κ1) is 23.8. The normalized spacial score (nSPS) is 11.7. The highest BCUT2D eigenvalue weighted by molar-refractivity contribution is 6.21. The molecule has 0 spiro atoms. The Bertz CT molecular complexity index is 2420. The van der Waals surface area contributed by atoms with Crippen LogP contribution in [0.5, 0.6) is 0 Å². The highest BCUT2D eigenvalue weighted by atomic mass is 16.4.